The summed E-state index contributed by atoms with van der Waals surface area (Å²) in [6, 6.07) is 18.6. The number of carbonyl (C=O) groups is 1. The molecular formula is C27H28BrN5O2. The van der Waals surface area contributed by atoms with Crippen LogP contribution >= 0.6 is 15.9 Å². The maximum absolute atomic E-state index is 13.0. The molecule has 0 aliphatic carbocycles. The highest BCUT2D eigenvalue weighted by atomic mass is 79.9. The molecule has 1 aromatic carbocycles. The van der Waals surface area contributed by atoms with Gasteiger partial charge in [-0.25, -0.2) is 0 Å². The van der Waals surface area contributed by atoms with Gasteiger partial charge in [-0.1, -0.05) is 18.2 Å². The van der Waals surface area contributed by atoms with Crippen LogP contribution in [0.15, 0.2) is 77.5 Å². The second-order valence-electron chi connectivity index (χ2n) is 8.94. The Balaban J connectivity index is 1.60. The van der Waals surface area contributed by atoms with E-state index in [0.717, 1.165) is 23.2 Å². The minimum Gasteiger partial charge on any atom is -0.507 e. The number of phenols is 1. The summed E-state index contributed by atoms with van der Waals surface area (Å²) in [5.74, 6) is -0.217. The third kappa shape index (κ3) is 6.01. The molecule has 1 atom stereocenters. The smallest absolute Gasteiger partial charge is 0.270 e. The predicted molar refractivity (Wildman–Crippen MR) is 140 cm³/mol. The van der Waals surface area contributed by atoms with Gasteiger partial charge in [0.1, 0.15) is 11.4 Å². The van der Waals surface area contributed by atoms with Crippen molar-refractivity contribution in [2.45, 2.75) is 38.3 Å². The Morgan fingerprint density at radius 2 is 1.77 bits per heavy atom. The largest absolute Gasteiger partial charge is 0.507 e. The van der Waals surface area contributed by atoms with Crippen LogP contribution in [-0.2, 0) is 6.54 Å². The molecule has 0 radical (unpaired) electrons. The Kier molecular flexibility index (Phi) is 7.73. The molecule has 35 heavy (non-hydrogen) atoms. The summed E-state index contributed by atoms with van der Waals surface area (Å²) in [6.45, 7) is 5.35. The van der Waals surface area contributed by atoms with Crippen LogP contribution in [0.3, 0.4) is 0 Å². The lowest BCUT2D eigenvalue weighted by molar-refractivity contribution is 0.0892. The van der Waals surface area contributed by atoms with E-state index >= 15 is 0 Å². The van der Waals surface area contributed by atoms with E-state index in [4.69, 9.17) is 4.98 Å². The van der Waals surface area contributed by atoms with Gasteiger partial charge >= 0.3 is 0 Å². The fraction of sp³-hybridized carbons (Fsp3) is 0.259. The van der Waals surface area contributed by atoms with Gasteiger partial charge in [0.25, 0.3) is 5.91 Å². The van der Waals surface area contributed by atoms with Crippen LogP contribution in [-0.4, -0.2) is 38.0 Å². The first-order chi connectivity index (χ1) is 16.8. The van der Waals surface area contributed by atoms with E-state index in [1.54, 1.807) is 36.7 Å². The summed E-state index contributed by atoms with van der Waals surface area (Å²) in [5.41, 5.74) is 2.21. The van der Waals surface area contributed by atoms with Crippen molar-refractivity contribution >= 4 is 32.7 Å². The minimum atomic E-state index is -0.634. The van der Waals surface area contributed by atoms with Crippen LogP contribution in [0.4, 0.5) is 0 Å². The highest BCUT2D eigenvalue weighted by Gasteiger charge is 2.34. The molecule has 7 nitrogen and oxygen atoms in total. The van der Waals surface area contributed by atoms with Crippen molar-refractivity contribution in [2.75, 3.05) is 6.54 Å². The summed E-state index contributed by atoms with van der Waals surface area (Å²) in [4.78, 5) is 26.4. The lowest BCUT2D eigenvalue weighted by atomic mass is 9.81. The summed E-state index contributed by atoms with van der Waals surface area (Å²) in [7, 11) is 0. The maximum Gasteiger partial charge on any atom is 0.270 e. The first-order valence-electron chi connectivity index (χ1n) is 11.5. The Labute approximate surface area is 213 Å². The number of hydrogen-bond acceptors (Lipinski definition) is 6. The van der Waals surface area contributed by atoms with E-state index in [1.807, 2.05) is 50.2 Å². The zero-order valence-electron chi connectivity index (χ0n) is 19.7. The SMILES string of the molecule is CC(C)(NC(=O)c1ccccn1)C(CCNCc1ccccn1)c1ccc2ccc(O)c(Br)c2n1. The number of fused-ring (bicyclic) bond motifs is 1. The topological polar surface area (TPSA) is 100 Å². The number of nitrogens with one attached hydrogen (secondary N) is 2. The number of pyridine rings is 3. The number of aromatic hydroxyl groups is 1. The molecule has 0 saturated carbocycles. The molecule has 0 fully saturated rings. The third-order valence-corrected chi connectivity index (χ3v) is 6.79. The summed E-state index contributed by atoms with van der Waals surface area (Å²) in [6.07, 6.45) is 4.11. The number of benzene rings is 1. The van der Waals surface area contributed by atoms with Crippen molar-refractivity contribution in [3.8, 4) is 5.75 Å². The molecule has 0 spiro atoms. The van der Waals surface area contributed by atoms with Crippen LogP contribution < -0.4 is 10.6 Å². The zero-order chi connectivity index (χ0) is 24.8. The molecule has 180 valence electrons. The third-order valence-electron chi connectivity index (χ3n) is 6.01. The monoisotopic (exact) mass is 533 g/mol. The predicted octanol–water partition coefficient (Wildman–Crippen LogP) is 4.97. The molecule has 3 heterocycles. The zero-order valence-corrected chi connectivity index (χ0v) is 21.3. The van der Waals surface area contributed by atoms with Crippen molar-refractivity contribution < 1.29 is 9.90 Å². The van der Waals surface area contributed by atoms with Crippen molar-refractivity contribution in [2.24, 2.45) is 0 Å². The van der Waals surface area contributed by atoms with Gasteiger partial charge in [-0.15, -0.1) is 0 Å². The molecule has 8 heteroatoms. The van der Waals surface area contributed by atoms with Crippen molar-refractivity contribution in [3.05, 3.63) is 94.6 Å². The summed E-state index contributed by atoms with van der Waals surface area (Å²) >= 11 is 3.47. The number of aromatic nitrogens is 3. The van der Waals surface area contributed by atoms with E-state index in [2.05, 4.69) is 36.5 Å². The van der Waals surface area contributed by atoms with Gasteiger partial charge < -0.3 is 15.7 Å². The summed E-state index contributed by atoms with van der Waals surface area (Å²) < 4.78 is 0.555. The Morgan fingerprint density at radius 3 is 2.49 bits per heavy atom. The van der Waals surface area contributed by atoms with E-state index in [9.17, 15) is 9.90 Å². The van der Waals surface area contributed by atoms with Crippen LogP contribution in [0.5, 0.6) is 5.75 Å². The molecule has 1 amide bonds. The van der Waals surface area contributed by atoms with Crippen LogP contribution in [0.2, 0.25) is 0 Å². The van der Waals surface area contributed by atoms with E-state index < -0.39 is 5.54 Å². The quantitative estimate of drug-likeness (QED) is 0.263. The molecule has 3 N–H and O–H groups in total. The fourth-order valence-corrected chi connectivity index (χ4v) is 4.59. The Bertz CT molecular complexity index is 1300. The number of phenolic OH excluding ortho intramolecular Hbond substituents is 1. The average molecular weight is 534 g/mol. The summed E-state index contributed by atoms with van der Waals surface area (Å²) in [5, 5.41) is 17.7. The molecule has 0 bridgehead atoms. The molecule has 3 aromatic heterocycles. The average Bonchev–Trinajstić information content (AvgIpc) is 2.87. The van der Waals surface area contributed by atoms with Crippen molar-refractivity contribution in [1.82, 2.24) is 25.6 Å². The number of nitrogens with zero attached hydrogens (tertiary/aromatic N) is 3. The van der Waals surface area contributed by atoms with E-state index in [-0.39, 0.29) is 17.6 Å². The lowest BCUT2D eigenvalue weighted by Gasteiger charge is -2.35. The first-order valence-corrected chi connectivity index (χ1v) is 12.3. The molecule has 4 rings (SSSR count). The van der Waals surface area contributed by atoms with Gasteiger partial charge in [-0.2, -0.15) is 0 Å². The highest BCUT2D eigenvalue weighted by Crippen LogP contribution is 2.35. The molecule has 0 aliphatic heterocycles. The number of rotatable bonds is 9. The van der Waals surface area contributed by atoms with Crippen LogP contribution in [0, 0.1) is 0 Å². The number of amides is 1. The van der Waals surface area contributed by atoms with Crippen LogP contribution in [0.25, 0.3) is 10.9 Å². The van der Waals surface area contributed by atoms with Crippen molar-refractivity contribution in [3.63, 3.8) is 0 Å². The number of hydrogen-bond donors (Lipinski definition) is 3. The highest BCUT2D eigenvalue weighted by molar-refractivity contribution is 9.10. The van der Waals surface area contributed by atoms with Gasteiger partial charge in [-0.05, 0) is 85.2 Å². The van der Waals surface area contributed by atoms with Gasteiger partial charge in [0.15, 0.2) is 0 Å². The molecule has 4 aromatic rings. The standard InChI is InChI=1S/C27H28BrN5O2/c1-27(2,33-26(35)22-8-4-6-15-31-22)20(13-16-29-17-19-7-3-5-14-30-19)21-11-9-18-10-12-23(34)24(28)25(18)32-21/h3-12,14-15,20,29,34H,13,16-17H2,1-2H3,(H,33,35). The maximum atomic E-state index is 13.0. The van der Waals surface area contributed by atoms with Gasteiger partial charge in [0.05, 0.1) is 15.7 Å². The van der Waals surface area contributed by atoms with Crippen LogP contribution in [0.1, 0.15) is 48.1 Å². The molecular weight excluding hydrogens is 506 g/mol. The minimum absolute atomic E-state index is 0.120. The fourth-order valence-electron chi connectivity index (χ4n) is 4.14. The van der Waals surface area contributed by atoms with E-state index in [1.165, 1.54) is 0 Å². The number of halogens is 1. The normalized spacial score (nSPS) is 12.4. The Morgan fingerprint density at radius 1 is 1.03 bits per heavy atom. The van der Waals surface area contributed by atoms with Gasteiger partial charge in [0, 0.05) is 41.5 Å². The lowest BCUT2D eigenvalue weighted by Crippen LogP contribution is -2.49. The van der Waals surface area contributed by atoms with E-state index in [0.29, 0.717) is 28.8 Å². The molecule has 0 saturated heterocycles. The first kappa shape index (κ1) is 24.8. The Hall–Kier alpha value is -3.36. The number of carbonyl (C=O) groups excluding carboxylic acids is 1. The van der Waals surface area contributed by atoms with Gasteiger partial charge in [0.2, 0.25) is 0 Å². The second kappa shape index (κ2) is 10.9. The molecule has 0 aliphatic rings. The molecule has 1 unspecified atom stereocenters. The second-order valence-corrected chi connectivity index (χ2v) is 9.73. The van der Waals surface area contributed by atoms with Crippen molar-refractivity contribution in [1.29, 1.82) is 0 Å². The van der Waals surface area contributed by atoms with Gasteiger partial charge in [-0.3, -0.25) is 19.7 Å².